The van der Waals surface area contributed by atoms with Gasteiger partial charge in [0.05, 0.1) is 30.9 Å². The quantitative estimate of drug-likeness (QED) is 0.444. The van der Waals surface area contributed by atoms with Crippen LogP contribution in [0.4, 0.5) is 5.69 Å². The first-order valence-corrected chi connectivity index (χ1v) is 9.98. The Morgan fingerprint density at radius 2 is 1.94 bits per heavy atom. The van der Waals surface area contributed by atoms with Crippen molar-refractivity contribution >= 4 is 17.6 Å². The summed E-state index contributed by atoms with van der Waals surface area (Å²) in [6.45, 7) is -0.0956. The van der Waals surface area contributed by atoms with Crippen LogP contribution in [0.5, 0.6) is 0 Å². The Morgan fingerprint density at radius 1 is 1.19 bits per heavy atom. The fourth-order valence-corrected chi connectivity index (χ4v) is 4.30. The predicted molar refractivity (Wildman–Crippen MR) is 115 cm³/mol. The SMILES string of the molecule is COC(=O)C1=C(C(N)=O)C2C=CC1(C(Cc1ccccc1)Nc1cccc(CO)c1)O2. The van der Waals surface area contributed by atoms with E-state index < -0.39 is 29.6 Å². The van der Waals surface area contributed by atoms with Crippen molar-refractivity contribution in [3.05, 3.63) is 89.0 Å². The zero-order valence-corrected chi connectivity index (χ0v) is 17.1. The summed E-state index contributed by atoms with van der Waals surface area (Å²) in [5, 5.41) is 13.0. The van der Waals surface area contributed by atoms with Crippen molar-refractivity contribution < 1.29 is 24.2 Å². The summed E-state index contributed by atoms with van der Waals surface area (Å²) in [4.78, 5) is 25.0. The highest BCUT2D eigenvalue weighted by atomic mass is 16.5. The topological polar surface area (TPSA) is 111 Å². The average molecular weight is 420 g/mol. The van der Waals surface area contributed by atoms with Gasteiger partial charge in [-0.25, -0.2) is 4.79 Å². The lowest BCUT2D eigenvalue weighted by Crippen LogP contribution is -2.49. The highest BCUT2D eigenvalue weighted by Gasteiger charge is 2.57. The number of ether oxygens (including phenoxy) is 2. The van der Waals surface area contributed by atoms with Gasteiger partial charge in [0, 0.05) is 5.69 Å². The van der Waals surface area contributed by atoms with Crippen molar-refractivity contribution in [2.24, 2.45) is 5.73 Å². The molecule has 1 amide bonds. The van der Waals surface area contributed by atoms with Gasteiger partial charge in [-0.2, -0.15) is 0 Å². The minimum atomic E-state index is -1.23. The van der Waals surface area contributed by atoms with Crippen molar-refractivity contribution in [2.45, 2.75) is 30.8 Å². The van der Waals surface area contributed by atoms with E-state index in [0.29, 0.717) is 6.42 Å². The van der Waals surface area contributed by atoms with Gasteiger partial charge in [-0.1, -0.05) is 48.5 Å². The van der Waals surface area contributed by atoms with Gasteiger partial charge in [0.1, 0.15) is 11.7 Å². The molecule has 31 heavy (non-hydrogen) atoms. The number of hydrogen-bond acceptors (Lipinski definition) is 6. The fraction of sp³-hybridized carbons (Fsp3) is 0.250. The van der Waals surface area contributed by atoms with E-state index in [0.717, 1.165) is 16.8 Å². The van der Waals surface area contributed by atoms with Crippen molar-refractivity contribution in [3.8, 4) is 0 Å². The molecule has 3 unspecified atom stereocenters. The number of benzene rings is 2. The van der Waals surface area contributed by atoms with E-state index >= 15 is 0 Å². The molecule has 2 aromatic rings. The number of esters is 1. The lowest BCUT2D eigenvalue weighted by molar-refractivity contribution is -0.138. The zero-order valence-electron chi connectivity index (χ0n) is 17.1. The zero-order chi connectivity index (χ0) is 22.0. The van der Waals surface area contributed by atoms with Crippen LogP contribution in [0.3, 0.4) is 0 Å². The molecule has 2 aromatic carbocycles. The summed E-state index contributed by atoms with van der Waals surface area (Å²) in [5.74, 6) is -1.36. The van der Waals surface area contributed by atoms with Gasteiger partial charge in [-0.3, -0.25) is 4.79 Å². The molecule has 0 spiro atoms. The van der Waals surface area contributed by atoms with Crippen molar-refractivity contribution in [1.29, 1.82) is 0 Å². The molecule has 7 heteroatoms. The van der Waals surface area contributed by atoms with E-state index in [2.05, 4.69) is 5.32 Å². The Balaban J connectivity index is 1.80. The highest BCUT2D eigenvalue weighted by molar-refractivity contribution is 6.06. The maximum Gasteiger partial charge on any atom is 0.337 e. The van der Waals surface area contributed by atoms with Gasteiger partial charge in [-0.15, -0.1) is 0 Å². The number of aliphatic hydroxyl groups excluding tert-OH is 1. The smallest absolute Gasteiger partial charge is 0.337 e. The third-order valence-electron chi connectivity index (χ3n) is 5.69. The van der Waals surface area contributed by atoms with Gasteiger partial charge >= 0.3 is 5.97 Å². The fourth-order valence-electron chi connectivity index (χ4n) is 4.30. The number of anilines is 1. The van der Waals surface area contributed by atoms with Crippen LogP contribution in [0.1, 0.15) is 11.1 Å². The first-order valence-electron chi connectivity index (χ1n) is 9.98. The Kier molecular flexibility index (Phi) is 5.63. The van der Waals surface area contributed by atoms with Gasteiger partial charge in [0.2, 0.25) is 5.91 Å². The van der Waals surface area contributed by atoms with Gasteiger partial charge < -0.3 is 25.6 Å². The molecule has 4 N–H and O–H groups in total. The Bertz CT molecular complexity index is 1060. The van der Waals surface area contributed by atoms with Crippen LogP contribution in [-0.2, 0) is 32.1 Å². The Labute approximate surface area is 180 Å². The monoisotopic (exact) mass is 420 g/mol. The number of carbonyl (C=O) groups excluding carboxylic acids is 2. The van der Waals surface area contributed by atoms with Crippen LogP contribution in [0.2, 0.25) is 0 Å². The molecule has 2 aliphatic heterocycles. The molecule has 4 rings (SSSR count). The number of rotatable bonds is 8. The molecule has 0 saturated carbocycles. The van der Waals surface area contributed by atoms with Crippen LogP contribution < -0.4 is 11.1 Å². The second-order valence-corrected chi connectivity index (χ2v) is 7.58. The first kappa shape index (κ1) is 20.8. The standard InChI is InChI=1S/C24H24N2O5/c1-30-23(29)21-20(22(25)28)18-10-11-24(21,31-18)19(13-15-6-3-2-4-7-15)26-17-9-5-8-16(12-17)14-27/h2-12,18-19,26-27H,13-14H2,1H3,(H2,25,28). The highest BCUT2D eigenvalue weighted by Crippen LogP contribution is 2.47. The summed E-state index contributed by atoms with van der Waals surface area (Å²) in [6, 6.07) is 16.7. The number of methoxy groups -OCH3 is 1. The molecule has 0 aliphatic carbocycles. The van der Waals surface area contributed by atoms with Crippen LogP contribution in [0.25, 0.3) is 0 Å². The van der Waals surface area contributed by atoms with E-state index in [1.54, 1.807) is 12.2 Å². The summed E-state index contributed by atoms with van der Waals surface area (Å²) < 4.78 is 11.2. The van der Waals surface area contributed by atoms with E-state index in [1.807, 2.05) is 54.6 Å². The molecule has 0 radical (unpaired) electrons. The predicted octanol–water partition coefficient (Wildman–Crippen LogP) is 1.86. The third kappa shape index (κ3) is 3.73. The molecule has 7 nitrogen and oxygen atoms in total. The van der Waals surface area contributed by atoms with E-state index in [1.165, 1.54) is 7.11 Å². The Morgan fingerprint density at radius 3 is 2.61 bits per heavy atom. The summed E-state index contributed by atoms with van der Waals surface area (Å²) in [6.07, 6.45) is 3.34. The van der Waals surface area contributed by atoms with Crippen LogP contribution >= 0.6 is 0 Å². The number of carbonyl (C=O) groups is 2. The van der Waals surface area contributed by atoms with Crippen molar-refractivity contribution in [3.63, 3.8) is 0 Å². The molecule has 2 bridgehead atoms. The van der Waals surface area contributed by atoms with E-state index in [9.17, 15) is 14.7 Å². The minimum absolute atomic E-state index is 0.0956. The third-order valence-corrected chi connectivity index (χ3v) is 5.69. The molecule has 0 aromatic heterocycles. The van der Waals surface area contributed by atoms with Crippen molar-refractivity contribution in [1.82, 2.24) is 0 Å². The number of hydrogen-bond donors (Lipinski definition) is 3. The summed E-state index contributed by atoms with van der Waals surface area (Å²) in [7, 11) is 1.27. The molecular weight excluding hydrogens is 396 g/mol. The number of nitrogens with one attached hydrogen (secondary N) is 1. The molecular formula is C24H24N2O5. The number of aliphatic hydroxyl groups is 1. The van der Waals surface area contributed by atoms with Crippen LogP contribution in [-0.4, -0.2) is 41.8 Å². The second-order valence-electron chi connectivity index (χ2n) is 7.58. The van der Waals surface area contributed by atoms with Crippen LogP contribution in [0.15, 0.2) is 77.9 Å². The first-order chi connectivity index (χ1) is 15.0. The number of fused-ring (bicyclic) bond motifs is 2. The Hall–Kier alpha value is -3.42. The van der Waals surface area contributed by atoms with Crippen molar-refractivity contribution in [2.75, 3.05) is 12.4 Å². The summed E-state index contributed by atoms with van der Waals surface area (Å²) in [5.41, 5.74) is 7.14. The molecule has 2 heterocycles. The second kappa shape index (κ2) is 8.37. The van der Waals surface area contributed by atoms with Gasteiger partial charge in [0.25, 0.3) is 0 Å². The molecule has 0 fully saturated rings. The van der Waals surface area contributed by atoms with Gasteiger partial charge in [-0.05, 0) is 35.8 Å². The number of primary amides is 1. The van der Waals surface area contributed by atoms with Gasteiger partial charge in [0.15, 0.2) is 0 Å². The lowest BCUT2D eigenvalue weighted by Gasteiger charge is -2.36. The molecule has 160 valence electrons. The molecule has 3 atom stereocenters. The number of nitrogens with two attached hydrogens (primary N) is 1. The van der Waals surface area contributed by atoms with Crippen LogP contribution in [0, 0.1) is 0 Å². The molecule has 2 aliphatic rings. The van der Waals surface area contributed by atoms with E-state index in [-0.39, 0.29) is 17.8 Å². The largest absolute Gasteiger partial charge is 0.466 e. The normalized spacial score (nSPS) is 22.5. The number of amides is 1. The lowest BCUT2D eigenvalue weighted by atomic mass is 9.79. The average Bonchev–Trinajstić information content (AvgIpc) is 3.37. The maximum atomic E-state index is 12.8. The summed E-state index contributed by atoms with van der Waals surface area (Å²) >= 11 is 0. The maximum absolute atomic E-state index is 12.8. The molecule has 0 saturated heterocycles. The van der Waals surface area contributed by atoms with E-state index in [4.69, 9.17) is 15.2 Å². The minimum Gasteiger partial charge on any atom is -0.466 e.